The molecule has 3 rings (SSSR count). The summed E-state index contributed by atoms with van der Waals surface area (Å²) in [6.45, 7) is 0.859. The maximum atomic E-state index is 12.7. The number of hydrogen-bond donors (Lipinski definition) is 0. The third-order valence-corrected chi connectivity index (χ3v) is 3.81. The second-order valence-corrected chi connectivity index (χ2v) is 5.55. The second-order valence-electron chi connectivity index (χ2n) is 5.55. The standard InChI is InChI=1S/C16H15F3N4O2/c17-16(18,19)13-4-8-21-15(22-13)25-11-5-9-23(10-6-11)14(24)12-3-1-2-7-20-12/h1-4,7-8,11H,5-6,9-10H2. The van der Waals surface area contributed by atoms with Gasteiger partial charge in [-0.05, 0) is 18.2 Å². The van der Waals surface area contributed by atoms with E-state index in [0.717, 1.165) is 12.3 Å². The van der Waals surface area contributed by atoms with E-state index in [1.165, 1.54) is 0 Å². The van der Waals surface area contributed by atoms with Crippen LogP contribution in [0.4, 0.5) is 13.2 Å². The topological polar surface area (TPSA) is 68.2 Å². The molecule has 0 unspecified atom stereocenters. The van der Waals surface area contributed by atoms with Crippen LogP contribution in [0.2, 0.25) is 0 Å². The number of carbonyl (C=O) groups is 1. The van der Waals surface area contributed by atoms with Gasteiger partial charge in [0, 0.05) is 38.3 Å². The Labute approximate surface area is 141 Å². The fraction of sp³-hybridized carbons (Fsp3) is 0.375. The van der Waals surface area contributed by atoms with Gasteiger partial charge >= 0.3 is 12.2 Å². The Hall–Kier alpha value is -2.71. The highest BCUT2D eigenvalue weighted by Gasteiger charge is 2.33. The maximum absolute atomic E-state index is 12.7. The normalized spacial score (nSPS) is 15.9. The molecule has 132 valence electrons. The first kappa shape index (κ1) is 17.1. The molecule has 0 atom stereocenters. The number of likely N-dealkylation sites (tertiary alicyclic amines) is 1. The van der Waals surface area contributed by atoms with Gasteiger partial charge < -0.3 is 9.64 Å². The summed E-state index contributed by atoms with van der Waals surface area (Å²) in [5.74, 6) is -0.172. The van der Waals surface area contributed by atoms with Gasteiger partial charge in [0.1, 0.15) is 11.8 Å². The molecule has 1 amide bonds. The number of hydrogen-bond acceptors (Lipinski definition) is 5. The number of amides is 1. The van der Waals surface area contributed by atoms with Crippen LogP contribution in [-0.2, 0) is 6.18 Å². The molecule has 0 bridgehead atoms. The Morgan fingerprint density at radius 3 is 2.52 bits per heavy atom. The molecule has 1 aliphatic heterocycles. The molecule has 0 aliphatic carbocycles. The van der Waals surface area contributed by atoms with Gasteiger partial charge in [0.15, 0.2) is 5.69 Å². The number of nitrogens with zero attached hydrogens (tertiary/aromatic N) is 4. The molecular weight excluding hydrogens is 337 g/mol. The van der Waals surface area contributed by atoms with Crippen LogP contribution in [-0.4, -0.2) is 45.0 Å². The summed E-state index contributed by atoms with van der Waals surface area (Å²) in [5, 5.41) is 0. The van der Waals surface area contributed by atoms with E-state index in [1.807, 2.05) is 0 Å². The van der Waals surface area contributed by atoms with Crippen LogP contribution in [0.3, 0.4) is 0 Å². The maximum Gasteiger partial charge on any atom is 0.433 e. The number of aromatic nitrogens is 3. The van der Waals surface area contributed by atoms with E-state index in [9.17, 15) is 18.0 Å². The number of carbonyl (C=O) groups excluding carboxylic acids is 1. The third kappa shape index (κ3) is 4.23. The number of rotatable bonds is 3. The zero-order valence-electron chi connectivity index (χ0n) is 13.1. The minimum absolute atomic E-state index is 0.172. The van der Waals surface area contributed by atoms with Gasteiger partial charge in [-0.2, -0.15) is 18.2 Å². The van der Waals surface area contributed by atoms with E-state index >= 15 is 0 Å². The highest BCUT2D eigenvalue weighted by atomic mass is 19.4. The first-order chi connectivity index (χ1) is 11.9. The molecule has 25 heavy (non-hydrogen) atoms. The lowest BCUT2D eigenvalue weighted by atomic mass is 10.1. The van der Waals surface area contributed by atoms with Crippen molar-refractivity contribution < 1.29 is 22.7 Å². The van der Waals surface area contributed by atoms with E-state index in [1.54, 1.807) is 29.3 Å². The molecule has 0 aromatic carbocycles. The van der Waals surface area contributed by atoms with Crippen molar-refractivity contribution in [3.8, 4) is 6.01 Å². The van der Waals surface area contributed by atoms with Crippen molar-refractivity contribution in [2.24, 2.45) is 0 Å². The monoisotopic (exact) mass is 352 g/mol. The predicted octanol–water partition coefficient (Wildman–Crippen LogP) is 2.57. The molecule has 2 aromatic rings. The van der Waals surface area contributed by atoms with Gasteiger partial charge in [0.05, 0.1) is 0 Å². The minimum atomic E-state index is -4.54. The quantitative estimate of drug-likeness (QED) is 0.849. The summed E-state index contributed by atoms with van der Waals surface area (Å²) < 4.78 is 43.4. The van der Waals surface area contributed by atoms with E-state index in [2.05, 4.69) is 15.0 Å². The molecule has 0 N–H and O–H groups in total. The Morgan fingerprint density at radius 2 is 1.88 bits per heavy atom. The SMILES string of the molecule is O=C(c1ccccn1)N1CCC(Oc2nccc(C(F)(F)F)n2)CC1. The van der Waals surface area contributed by atoms with E-state index in [4.69, 9.17) is 4.74 Å². The zero-order valence-corrected chi connectivity index (χ0v) is 13.1. The van der Waals surface area contributed by atoms with Gasteiger partial charge in [-0.1, -0.05) is 6.07 Å². The molecule has 3 heterocycles. The number of ether oxygens (including phenoxy) is 1. The largest absolute Gasteiger partial charge is 0.460 e. The number of halogens is 3. The van der Waals surface area contributed by atoms with E-state index in [0.29, 0.717) is 31.6 Å². The Kier molecular flexibility index (Phi) is 4.82. The smallest absolute Gasteiger partial charge is 0.433 e. The molecule has 9 heteroatoms. The van der Waals surface area contributed by atoms with Crippen LogP contribution in [0.1, 0.15) is 29.0 Å². The predicted molar refractivity (Wildman–Crippen MR) is 80.8 cm³/mol. The zero-order chi connectivity index (χ0) is 17.9. The van der Waals surface area contributed by atoms with Crippen molar-refractivity contribution in [3.05, 3.63) is 48.0 Å². The summed E-state index contributed by atoms with van der Waals surface area (Å²) in [6.07, 6.45) is -1.34. The minimum Gasteiger partial charge on any atom is -0.460 e. The Morgan fingerprint density at radius 1 is 1.12 bits per heavy atom. The Balaban J connectivity index is 1.57. The van der Waals surface area contributed by atoms with E-state index < -0.39 is 11.9 Å². The molecule has 1 fully saturated rings. The second kappa shape index (κ2) is 7.04. The lowest BCUT2D eigenvalue weighted by molar-refractivity contribution is -0.141. The fourth-order valence-electron chi connectivity index (χ4n) is 2.53. The highest BCUT2D eigenvalue weighted by Crippen LogP contribution is 2.28. The van der Waals surface area contributed by atoms with Crippen molar-refractivity contribution >= 4 is 5.91 Å². The molecule has 0 radical (unpaired) electrons. The van der Waals surface area contributed by atoms with E-state index in [-0.39, 0.29) is 18.0 Å². The van der Waals surface area contributed by atoms with Gasteiger partial charge in [0.25, 0.3) is 5.91 Å². The number of alkyl halides is 3. The molecular formula is C16H15F3N4O2. The molecule has 0 spiro atoms. The van der Waals surface area contributed by atoms with Gasteiger partial charge in [-0.25, -0.2) is 4.98 Å². The highest BCUT2D eigenvalue weighted by molar-refractivity contribution is 5.92. The lowest BCUT2D eigenvalue weighted by Crippen LogP contribution is -2.42. The van der Waals surface area contributed by atoms with Crippen LogP contribution >= 0.6 is 0 Å². The van der Waals surface area contributed by atoms with Crippen LogP contribution in [0.25, 0.3) is 0 Å². The number of pyridine rings is 1. The average molecular weight is 352 g/mol. The summed E-state index contributed by atoms with van der Waals surface area (Å²) in [7, 11) is 0. The first-order valence-corrected chi connectivity index (χ1v) is 7.70. The van der Waals surface area contributed by atoms with Crippen LogP contribution in [0.5, 0.6) is 6.01 Å². The van der Waals surface area contributed by atoms with Crippen molar-refractivity contribution in [1.82, 2.24) is 19.9 Å². The number of piperidine rings is 1. The molecule has 1 aliphatic rings. The first-order valence-electron chi connectivity index (χ1n) is 7.70. The van der Waals surface area contributed by atoms with Gasteiger partial charge in [-0.3, -0.25) is 9.78 Å². The Bertz CT molecular complexity index is 732. The summed E-state index contributed by atoms with van der Waals surface area (Å²) in [6, 6.07) is 5.60. The third-order valence-electron chi connectivity index (χ3n) is 3.81. The summed E-state index contributed by atoms with van der Waals surface area (Å²) in [4.78, 5) is 25.1. The lowest BCUT2D eigenvalue weighted by Gasteiger charge is -2.31. The average Bonchev–Trinajstić information content (AvgIpc) is 2.62. The van der Waals surface area contributed by atoms with Gasteiger partial charge in [-0.15, -0.1) is 0 Å². The van der Waals surface area contributed by atoms with Crippen molar-refractivity contribution in [1.29, 1.82) is 0 Å². The van der Waals surface area contributed by atoms with Crippen LogP contribution in [0.15, 0.2) is 36.7 Å². The van der Waals surface area contributed by atoms with Crippen molar-refractivity contribution in [2.75, 3.05) is 13.1 Å². The summed E-state index contributed by atoms with van der Waals surface area (Å²) in [5.41, 5.74) is -0.677. The van der Waals surface area contributed by atoms with Crippen LogP contribution in [0, 0.1) is 0 Å². The fourth-order valence-corrected chi connectivity index (χ4v) is 2.53. The van der Waals surface area contributed by atoms with Crippen LogP contribution < -0.4 is 4.74 Å². The summed E-state index contributed by atoms with van der Waals surface area (Å²) >= 11 is 0. The molecule has 1 saturated heterocycles. The van der Waals surface area contributed by atoms with Crippen molar-refractivity contribution in [2.45, 2.75) is 25.1 Å². The molecule has 0 saturated carbocycles. The molecule has 6 nitrogen and oxygen atoms in total. The van der Waals surface area contributed by atoms with Gasteiger partial charge in [0.2, 0.25) is 0 Å². The molecule has 2 aromatic heterocycles. The van der Waals surface area contributed by atoms with Crippen molar-refractivity contribution in [3.63, 3.8) is 0 Å².